The highest BCUT2D eigenvalue weighted by atomic mass is 19.1. The molecule has 1 aliphatic carbocycles. The lowest BCUT2D eigenvalue weighted by Crippen LogP contribution is -2.30. The normalized spacial score (nSPS) is 17.4. The molecule has 1 unspecified atom stereocenters. The van der Waals surface area contributed by atoms with Gasteiger partial charge in [0.1, 0.15) is 5.82 Å². The van der Waals surface area contributed by atoms with Crippen molar-refractivity contribution in [3.8, 4) is 0 Å². The summed E-state index contributed by atoms with van der Waals surface area (Å²) in [4.78, 5) is 0. The van der Waals surface area contributed by atoms with Crippen LogP contribution in [0.25, 0.3) is 0 Å². The van der Waals surface area contributed by atoms with Crippen molar-refractivity contribution in [2.45, 2.75) is 38.3 Å². The van der Waals surface area contributed by atoms with E-state index in [0.29, 0.717) is 19.0 Å². The average Bonchev–Trinajstić information content (AvgIpc) is 3.03. The van der Waals surface area contributed by atoms with Gasteiger partial charge in [-0.1, -0.05) is 6.07 Å². The third-order valence-corrected chi connectivity index (χ3v) is 2.98. The smallest absolute Gasteiger partial charge is 0.123 e. The third-order valence-electron chi connectivity index (χ3n) is 2.98. The third kappa shape index (κ3) is 3.29. The van der Waals surface area contributed by atoms with Crippen molar-refractivity contribution in [1.82, 2.24) is 5.32 Å². The van der Waals surface area contributed by atoms with Crippen LogP contribution in [-0.2, 0) is 6.42 Å². The van der Waals surface area contributed by atoms with Gasteiger partial charge >= 0.3 is 0 Å². The van der Waals surface area contributed by atoms with E-state index in [0.717, 1.165) is 11.1 Å². The highest BCUT2D eigenvalue weighted by molar-refractivity contribution is 5.27. The maximum Gasteiger partial charge on any atom is 0.123 e. The number of hydrogen-bond acceptors (Lipinski definition) is 2. The summed E-state index contributed by atoms with van der Waals surface area (Å²) < 4.78 is 12.9. The molecule has 1 aromatic rings. The zero-order valence-electron chi connectivity index (χ0n) is 9.54. The molecule has 2 N–H and O–H groups in total. The van der Waals surface area contributed by atoms with Crippen LogP contribution in [-0.4, -0.2) is 23.8 Å². The molecule has 0 heterocycles. The molecule has 0 aliphatic heterocycles. The van der Waals surface area contributed by atoms with Crippen LogP contribution in [0.15, 0.2) is 18.2 Å². The summed E-state index contributed by atoms with van der Waals surface area (Å²) in [5.74, 6) is -0.216. The standard InChI is InChI=1S/C13H18FNO/c1-9-6-11(14)3-2-10(9)7-13(16)8-15-12-4-5-12/h2-3,6,12-13,15-16H,4-5,7-8H2,1H3. The molecule has 88 valence electrons. The zero-order chi connectivity index (χ0) is 11.5. The lowest BCUT2D eigenvalue weighted by molar-refractivity contribution is 0.171. The molecule has 1 fully saturated rings. The molecule has 0 bridgehead atoms. The van der Waals surface area contributed by atoms with Crippen LogP contribution < -0.4 is 5.32 Å². The Bertz CT molecular complexity index is 363. The largest absolute Gasteiger partial charge is 0.391 e. The molecule has 0 spiro atoms. The fraction of sp³-hybridized carbons (Fsp3) is 0.538. The summed E-state index contributed by atoms with van der Waals surface area (Å²) in [5, 5.41) is 13.1. The Labute approximate surface area is 95.5 Å². The van der Waals surface area contributed by atoms with Gasteiger partial charge in [0.25, 0.3) is 0 Å². The van der Waals surface area contributed by atoms with E-state index in [9.17, 15) is 9.50 Å². The maximum absolute atomic E-state index is 12.9. The molecule has 0 radical (unpaired) electrons. The van der Waals surface area contributed by atoms with E-state index in [4.69, 9.17) is 0 Å². The molecular weight excluding hydrogens is 205 g/mol. The first-order chi connectivity index (χ1) is 7.65. The van der Waals surface area contributed by atoms with Crippen LogP contribution in [0.1, 0.15) is 24.0 Å². The number of rotatable bonds is 5. The van der Waals surface area contributed by atoms with Crippen molar-refractivity contribution in [3.63, 3.8) is 0 Å². The van der Waals surface area contributed by atoms with Gasteiger partial charge in [-0.2, -0.15) is 0 Å². The van der Waals surface area contributed by atoms with Crippen molar-refractivity contribution in [2.24, 2.45) is 0 Å². The summed E-state index contributed by atoms with van der Waals surface area (Å²) in [6, 6.07) is 5.33. The lowest BCUT2D eigenvalue weighted by Gasteiger charge is -2.13. The van der Waals surface area contributed by atoms with E-state index in [2.05, 4.69) is 5.32 Å². The van der Waals surface area contributed by atoms with Gasteiger partial charge in [0.05, 0.1) is 6.10 Å². The van der Waals surface area contributed by atoms with E-state index in [1.807, 2.05) is 6.92 Å². The Morgan fingerprint density at radius 3 is 2.88 bits per heavy atom. The van der Waals surface area contributed by atoms with Crippen LogP contribution in [0.4, 0.5) is 4.39 Å². The second-order valence-corrected chi connectivity index (χ2v) is 4.61. The van der Waals surface area contributed by atoms with Crippen LogP contribution in [0.5, 0.6) is 0 Å². The minimum atomic E-state index is -0.384. The first kappa shape index (κ1) is 11.6. The van der Waals surface area contributed by atoms with Gasteiger partial charge in [-0.15, -0.1) is 0 Å². The SMILES string of the molecule is Cc1cc(F)ccc1CC(O)CNC1CC1. The Hall–Kier alpha value is -0.930. The molecule has 0 amide bonds. The van der Waals surface area contributed by atoms with Crippen LogP contribution in [0.3, 0.4) is 0 Å². The fourth-order valence-electron chi connectivity index (χ4n) is 1.80. The minimum Gasteiger partial charge on any atom is -0.391 e. The van der Waals surface area contributed by atoms with Gasteiger partial charge < -0.3 is 10.4 Å². The molecule has 1 atom stereocenters. The summed E-state index contributed by atoms with van der Waals surface area (Å²) >= 11 is 0. The first-order valence-corrected chi connectivity index (χ1v) is 5.81. The monoisotopic (exact) mass is 223 g/mol. The maximum atomic E-state index is 12.9. The van der Waals surface area contributed by atoms with Gasteiger partial charge in [0, 0.05) is 12.6 Å². The predicted octanol–water partition coefficient (Wildman–Crippen LogP) is 1.79. The molecule has 2 nitrogen and oxygen atoms in total. The summed E-state index contributed by atoms with van der Waals surface area (Å²) in [5.41, 5.74) is 1.93. The number of nitrogens with one attached hydrogen (secondary N) is 1. The molecule has 3 heteroatoms. The van der Waals surface area contributed by atoms with Gasteiger partial charge in [-0.25, -0.2) is 4.39 Å². The molecule has 1 aliphatic rings. The molecule has 1 aromatic carbocycles. The molecular formula is C13H18FNO. The molecule has 1 saturated carbocycles. The summed E-state index contributed by atoms with van der Waals surface area (Å²) in [6.45, 7) is 2.50. The van der Waals surface area contributed by atoms with Gasteiger partial charge in [0.15, 0.2) is 0 Å². The molecule has 16 heavy (non-hydrogen) atoms. The Kier molecular flexibility index (Phi) is 3.56. The van der Waals surface area contributed by atoms with Crippen LogP contribution >= 0.6 is 0 Å². The molecule has 2 rings (SSSR count). The van der Waals surface area contributed by atoms with Crippen molar-refractivity contribution < 1.29 is 9.50 Å². The number of halogens is 1. The number of benzene rings is 1. The van der Waals surface area contributed by atoms with Crippen molar-refractivity contribution in [2.75, 3.05) is 6.54 Å². The van der Waals surface area contributed by atoms with Crippen molar-refractivity contribution >= 4 is 0 Å². The highest BCUT2D eigenvalue weighted by Crippen LogP contribution is 2.18. The van der Waals surface area contributed by atoms with Gasteiger partial charge in [0.2, 0.25) is 0 Å². The second kappa shape index (κ2) is 4.93. The van der Waals surface area contributed by atoms with Gasteiger partial charge in [-0.05, 0) is 49.4 Å². The van der Waals surface area contributed by atoms with Crippen molar-refractivity contribution in [1.29, 1.82) is 0 Å². The van der Waals surface area contributed by atoms with Crippen molar-refractivity contribution in [3.05, 3.63) is 35.1 Å². The molecule has 0 saturated heterocycles. The topological polar surface area (TPSA) is 32.3 Å². The zero-order valence-corrected chi connectivity index (χ0v) is 9.54. The number of hydrogen-bond donors (Lipinski definition) is 2. The summed E-state index contributed by atoms with van der Waals surface area (Å²) in [7, 11) is 0. The van der Waals surface area contributed by atoms with E-state index < -0.39 is 0 Å². The van der Waals surface area contributed by atoms with E-state index in [1.54, 1.807) is 6.07 Å². The van der Waals surface area contributed by atoms with E-state index in [1.165, 1.54) is 25.0 Å². The minimum absolute atomic E-state index is 0.216. The quantitative estimate of drug-likeness (QED) is 0.797. The van der Waals surface area contributed by atoms with Crippen LogP contribution in [0.2, 0.25) is 0 Å². The number of aliphatic hydroxyl groups excluding tert-OH is 1. The predicted molar refractivity (Wildman–Crippen MR) is 61.9 cm³/mol. The Balaban J connectivity index is 1.86. The fourth-order valence-corrected chi connectivity index (χ4v) is 1.80. The number of aliphatic hydroxyl groups is 1. The first-order valence-electron chi connectivity index (χ1n) is 5.81. The Morgan fingerprint density at radius 1 is 1.50 bits per heavy atom. The van der Waals surface area contributed by atoms with E-state index in [-0.39, 0.29) is 11.9 Å². The Morgan fingerprint density at radius 2 is 2.25 bits per heavy atom. The summed E-state index contributed by atoms with van der Waals surface area (Å²) in [6.07, 6.45) is 2.65. The number of aryl methyl sites for hydroxylation is 1. The van der Waals surface area contributed by atoms with E-state index >= 15 is 0 Å². The molecule has 0 aromatic heterocycles. The van der Waals surface area contributed by atoms with Crippen LogP contribution in [0, 0.1) is 12.7 Å². The highest BCUT2D eigenvalue weighted by Gasteiger charge is 2.21. The van der Waals surface area contributed by atoms with Gasteiger partial charge in [-0.3, -0.25) is 0 Å². The second-order valence-electron chi connectivity index (χ2n) is 4.61. The lowest BCUT2D eigenvalue weighted by atomic mass is 10.0. The average molecular weight is 223 g/mol.